The van der Waals surface area contributed by atoms with Crippen molar-refractivity contribution in [1.82, 2.24) is 14.7 Å². The maximum absolute atomic E-state index is 13.8. The van der Waals surface area contributed by atoms with Gasteiger partial charge in [0.05, 0.1) is 24.5 Å². The van der Waals surface area contributed by atoms with Gasteiger partial charge in [0, 0.05) is 22.9 Å². The zero-order valence-corrected chi connectivity index (χ0v) is 24.5. The molecule has 1 aliphatic rings. The highest BCUT2D eigenvalue weighted by Crippen LogP contribution is 2.32. The van der Waals surface area contributed by atoms with E-state index in [4.69, 9.17) is 9.84 Å². The smallest absolute Gasteiger partial charge is 0.271 e. The predicted octanol–water partition coefficient (Wildman–Crippen LogP) is 7.29. The van der Waals surface area contributed by atoms with Crippen LogP contribution in [0.1, 0.15) is 50.7 Å². The molecule has 0 atom stereocenters. The third kappa shape index (κ3) is 6.65. The second kappa shape index (κ2) is 13.6. The second-order valence-corrected chi connectivity index (χ2v) is 10.5. The Morgan fingerprint density at radius 3 is 2.26 bits per heavy atom. The van der Waals surface area contributed by atoms with E-state index >= 15 is 0 Å². The van der Waals surface area contributed by atoms with Gasteiger partial charge in [-0.1, -0.05) is 74.7 Å². The first-order valence-electron chi connectivity index (χ1n) is 14.6. The molecule has 0 N–H and O–H groups in total. The molecule has 0 bridgehead atoms. The maximum atomic E-state index is 13.8. The molecule has 0 unspecified atom stereocenters. The van der Waals surface area contributed by atoms with Gasteiger partial charge in [0.25, 0.3) is 11.8 Å². The van der Waals surface area contributed by atoms with E-state index in [1.807, 2.05) is 97.2 Å². The molecule has 43 heavy (non-hydrogen) atoms. The van der Waals surface area contributed by atoms with Gasteiger partial charge in [-0.05, 0) is 67.0 Å². The minimum Gasteiger partial charge on any atom is -0.494 e. The van der Waals surface area contributed by atoms with Gasteiger partial charge in [-0.3, -0.25) is 14.5 Å². The van der Waals surface area contributed by atoms with Gasteiger partial charge in [0.1, 0.15) is 17.4 Å². The summed E-state index contributed by atoms with van der Waals surface area (Å²) in [7, 11) is 0. The normalized spacial score (nSPS) is 14.3. The number of hydrogen-bond donors (Lipinski definition) is 0. The molecule has 0 saturated heterocycles. The monoisotopic (exact) mass is 570 g/mol. The lowest BCUT2D eigenvalue weighted by Crippen LogP contribution is -2.42. The zero-order chi connectivity index (χ0) is 30.2. The molecule has 2 amide bonds. The number of para-hydroxylation sites is 1. The summed E-state index contributed by atoms with van der Waals surface area (Å²) in [4.78, 5) is 28.1. The summed E-state index contributed by atoms with van der Waals surface area (Å²) in [6.07, 6.45) is 8.15. The van der Waals surface area contributed by atoms with Crippen LogP contribution in [0.25, 0.3) is 23.0 Å². The Bertz CT molecular complexity index is 1690. The van der Waals surface area contributed by atoms with Crippen molar-refractivity contribution in [3.05, 3.63) is 119 Å². The average Bonchev–Trinajstić information content (AvgIpc) is 3.47. The highest BCUT2D eigenvalue weighted by molar-refractivity contribution is 6.19. The number of nitrogens with zero attached hydrogens (tertiary/aromatic N) is 4. The summed E-state index contributed by atoms with van der Waals surface area (Å²) in [6.45, 7) is 4.58. The van der Waals surface area contributed by atoms with Crippen LogP contribution in [0, 0.1) is 11.3 Å². The highest BCUT2D eigenvalue weighted by atomic mass is 16.5. The molecule has 2 heterocycles. The molecule has 5 rings (SSSR count). The molecule has 0 fully saturated rings. The molecule has 1 aromatic heterocycles. The van der Waals surface area contributed by atoms with Crippen LogP contribution in [-0.2, 0) is 16.1 Å². The van der Waals surface area contributed by atoms with Crippen LogP contribution >= 0.6 is 0 Å². The average molecular weight is 571 g/mol. The Labute approximate surface area is 252 Å². The summed E-state index contributed by atoms with van der Waals surface area (Å²) in [5, 5.41) is 14.8. The zero-order valence-electron chi connectivity index (χ0n) is 24.5. The largest absolute Gasteiger partial charge is 0.494 e. The van der Waals surface area contributed by atoms with Crippen LogP contribution in [0.15, 0.2) is 108 Å². The number of ether oxygens (including phenoxy) is 1. The minimum absolute atomic E-state index is 0.0424. The molecule has 3 aromatic carbocycles. The molecule has 0 aliphatic carbocycles. The van der Waals surface area contributed by atoms with Crippen molar-refractivity contribution < 1.29 is 14.3 Å². The first kappa shape index (κ1) is 29.3. The molecular weight excluding hydrogens is 536 g/mol. The van der Waals surface area contributed by atoms with Gasteiger partial charge in [-0.25, -0.2) is 4.68 Å². The number of aromatic nitrogens is 2. The topological polar surface area (TPSA) is 88.2 Å². The van der Waals surface area contributed by atoms with Crippen molar-refractivity contribution >= 4 is 17.9 Å². The number of carbonyl (C=O) groups excluding carboxylic acids is 2. The molecule has 0 saturated carbocycles. The maximum Gasteiger partial charge on any atom is 0.271 e. The summed E-state index contributed by atoms with van der Waals surface area (Å²) in [5.74, 6) is -0.246. The fourth-order valence-electron chi connectivity index (χ4n) is 5.05. The van der Waals surface area contributed by atoms with Gasteiger partial charge >= 0.3 is 0 Å². The summed E-state index contributed by atoms with van der Waals surface area (Å²) >= 11 is 0. The molecular formula is C36H34N4O3. The van der Waals surface area contributed by atoms with Crippen molar-refractivity contribution in [2.45, 2.75) is 46.1 Å². The number of carbonyl (C=O) groups is 2. The number of nitriles is 1. The van der Waals surface area contributed by atoms with Gasteiger partial charge in [0.15, 0.2) is 0 Å². The van der Waals surface area contributed by atoms with E-state index < -0.39 is 11.8 Å². The van der Waals surface area contributed by atoms with E-state index in [1.54, 1.807) is 17.7 Å². The van der Waals surface area contributed by atoms with E-state index in [9.17, 15) is 14.9 Å². The van der Waals surface area contributed by atoms with Crippen molar-refractivity contribution in [1.29, 1.82) is 5.26 Å². The Morgan fingerprint density at radius 2 is 1.58 bits per heavy atom. The molecule has 216 valence electrons. The molecule has 0 spiro atoms. The minimum atomic E-state index is -0.587. The van der Waals surface area contributed by atoms with Crippen molar-refractivity contribution in [3.8, 4) is 28.8 Å². The number of unbranched alkanes of at least 4 members (excludes halogenated alkanes) is 3. The lowest BCUT2D eigenvalue weighted by Gasteiger charge is -2.27. The van der Waals surface area contributed by atoms with Crippen molar-refractivity contribution in [2.75, 3.05) is 6.61 Å². The van der Waals surface area contributed by atoms with E-state index in [2.05, 4.69) is 6.92 Å². The van der Waals surface area contributed by atoms with Gasteiger partial charge in [-0.15, -0.1) is 0 Å². The second-order valence-electron chi connectivity index (χ2n) is 10.5. The first-order chi connectivity index (χ1) is 21.0. The highest BCUT2D eigenvalue weighted by Gasteiger charge is 2.35. The predicted molar refractivity (Wildman–Crippen MR) is 167 cm³/mol. The van der Waals surface area contributed by atoms with E-state index in [1.165, 1.54) is 12.8 Å². The van der Waals surface area contributed by atoms with Crippen LogP contribution in [0.4, 0.5) is 0 Å². The number of rotatable bonds is 11. The van der Waals surface area contributed by atoms with E-state index in [0.29, 0.717) is 23.4 Å². The number of benzene rings is 3. The summed E-state index contributed by atoms with van der Waals surface area (Å²) < 4.78 is 7.70. The molecule has 1 aliphatic heterocycles. The van der Waals surface area contributed by atoms with Gasteiger partial charge in [0.2, 0.25) is 0 Å². The van der Waals surface area contributed by atoms with Crippen LogP contribution in [0.3, 0.4) is 0 Å². The third-order valence-electron chi connectivity index (χ3n) is 7.47. The van der Waals surface area contributed by atoms with Crippen LogP contribution < -0.4 is 4.74 Å². The lowest BCUT2D eigenvalue weighted by atomic mass is 9.93. The molecule has 7 nitrogen and oxygen atoms in total. The Balaban J connectivity index is 1.53. The standard InChI is InChI=1S/C36H34N4O3/c1-3-4-5-12-21-43-31-19-17-28(18-20-31)34-29(25-40(38-34)30-15-10-7-11-16-30)22-32-26(2)33(23-37)36(42)39(35(32)41)24-27-13-8-6-9-14-27/h6-11,13-20,22,25H,3-5,12,21,24H2,1-2H3/b32-22+. The molecule has 4 aromatic rings. The molecule has 7 heteroatoms. The summed E-state index contributed by atoms with van der Waals surface area (Å²) in [5.41, 5.74) is 4.45. The number of amides is 2. The fourth-order valence-corrected chi connectivity index (χ4v) is 5.05. The first-order valence-corrected chi connectivity index (χ1v) is 14.6. The third-order valence-corrected chi connectivity index (χ3v) is 7.47. The fraction of sp³-hybridized carbons (Fsp3) is 0.222. The number of hydrogen-bond acceptors (Lipinski definition) is 5. The van der Waals surface area contributed by atoms with Crippen LogP contribution in [-0.4, -0.2) is 33.1 Å². The summed E-state index contributed by atoms with van der Waals surface area (Å²) in [6, 6.07) is 28.8. The van der Waals surface area contributed by atoms with E-state index in [0.717, 1.165) is 40.3 Å². The van der Waals surface area contributed by atoms with E-state index in [-0.39, 0.29) is 17.7 Å². The van der Waals surface area contributed by atoms with Crippen LogP contribution in [0.5, 0.6) is 5.75 Å². The van der Waals surface area contributed by atoms with Crippen LogP contribution in [0.2, 0.25) is 0 Å². The SMILES string of the molecule is CCCCCCOc1ccc(-c2nn(-c3ccccc3)cc2/C=C2/C(=O)N(Cc3ccccc3)C(=O)C(C#N)=C2C)cc1. The molecule has 0 radical (unpaired) electrons. The van der Waals surface area contributed by atoms with Gasteiger partial charge < -0.3 is 4.74 Å². The number of imide groups is 1. The lowest BCUT2D eigenvalue weighted by molar-refractivity contribution is -0.141. The van der Waals surface area contributed by atoms with Crippen molar-refractivity contribution in [3.63, 3.8) is 0 Å². The van der Waals surface area contributed by atoms with Crippen molar-refractivity contribution in [2.24, 2.45) is 0 Å². The Kier molecular flexibility index (Phi) is 9.28. The Morgan fingerprint density at radius 1 is 0.884 bits per heavy atom. The van der Waals surface area contributed by atoms with Gasteiger partial charge in [-0.2, -0.15) is 10.4 Å². The Hall–Kier alpha value is -5.22. The quantitative estimate of drug-likeness (QED) is 0.107.